The van der Waals surface area contributed by atoms with E-state index in [4.69, 9.17) is 11.6 Å². The van der Waals surface area contributed by atoms with Gasteiger partial charge >= 0.3 is 0 Å². The molecule has 0 aliphatic heterocycles. The van der Waals surface area contributed by atoms with Crippen LogP contribution in [-0.4, -0.2) is 14.3 Å². The summed E-state index contributed by atoms with van der Waals surface area (Å²) in [4.78, 5) is 11.8. The van der Waals surface area contributed by atoms with Crippen molar-refractivity contribution in [2.45, 2.75) is 18.2 Å². The van der Waals surface area contributed by atoms with Gasteiger partial charge in [0.1, 0.15) is 0 Å². The van der Waals surface area contributed by atoms with E-state index in [0.717, 1.165) is 11.1 Å². The average Bonchev–Trinajstić information content (AvgIpc) is 2.41. The molecular weight excluding hydrogens is 310 g/mol. The van der Waals surface area contributed by atoms with Crippen LogP contribution in [0.15, 0.2) is 53.4 Å². The Morgan fingerprint density at radius 1 is 1.05 bits per heavy atom. The lowest BCUT2D eigenvalue weighted by atomic mass is 10.1. The summed E-state index contributed by atoms with van der Waals surface area (Å²) < 4.78 is 26.1. The zero-order chi connectivity index (χ0) is 15.5. The fraction of sp³-hybridized carbons (Fsp3) is 0.133. The summed E-state index contributed by atoms with van der Waals surface area (Å²) in [6.45, 7) is 1.94. The van der Waals surface area contributed by atoms with E-state index >= 15 is 0 Å². The molecule has 0 aliphatic carbocycles. The third-order valence-corrected chi connectivity index (χ3v) is 4.50. The number of sulfonamides is 1. The predicted molar refractivity (Wildman–Crippen MR) is 81.7 cm³/mol. The third-order valence-electron chi connectivity index (χ3n) is 2.86. The van der Waals surface area contributed by atoms with E-state index in [0.29, 0.717) is 5.02 Å². The second-order valence-corrected chi connectivity index (χ2v) is 6.76. The maximum absolute atomic E-state index is 12.0. The van der Waals surface area contributed by atoms with E-state index in [2.05, 4.69) is 0 Å². The van der Waals surface area contributed by atoms with Crippen molar-refractivity contribution in [2.24, 2.45) is 0 Å². The lowest BCUT2D eigenvalue weighted by Crippen LogP contribution is -2.31. The molecule has 110 valence electrons. The van der Waals surface area contributed by atoms with E-state index in [9.17, 15) is 13.2 Å². The highest BCUT2D eigenvalue weighted by Crippen LogP contribution is 2.14. The Hall–Kier alpha value is -1.85. The molecule has 0 spiro atoms. The van der Waals surface area contributed by atoms with Crippen molar-refractivity contribution in [1.82, 2.24) is 4.72 Å². The molecule has 0 aliphatic rings. The van der Waals surface area contributed by atoms with Gasteiger partial charge in [0.05, 0.1) is 11.3 Å². The molecule has 0 bridgehead atoms. The number of carbonyl (C=O) groups is 1. The molecule has 2 rings (SSSR count). The van der Waals surface area contributed by atoms with Crippen LogP contribution in [0, 0.1) is 6.92 Å². The third kappa shape index (κ3) is 4.31. The van der Waals surface area contributed by atoms with Crippen LogP contribution in [0.1, 0.15) is 11.1 Å². The van der Waals surface area contributed by atoms with Gasteiger partial charge in [-0.15, -0.1) is 0 Å². The Labute approximate surface area is 128 Å². The average molecular weight is 324 g/mol. The molecule has 2 aromatic carbocycles. The molecule has 1 amide bonds. The quantitative estimate of drug-likeness (QED) is 0.941. The lowest BCUT2D eigenvalue weighted by Gasteiger charge is -2.07. The molecule has 0 atom stereocenters. The first-order valence-corrected chi connectivity index (χ1v) is 8.10. The van der Waals surface area contributed by atoms with Gasteiger partial charge in [-0.05, 0) is 36.8 Å². The van der Waals surface area contributed by atoms with Crippen molar-refractivity contribution in [3.63, 3.8) is 0 Å². The molecular formula is C15H14ClNO3S. The highest BCUT2D eigenvalue weighted by atomic mass is 35.5. The van der Waals surface area contributed by atoms with Crippen LogP contribution in [0.2, 0.25) is 5.02 Å². The van der Waals surface area contributed by atoms with Crippen LogP contribution >= 0.6 is 11.6 Å². The Balaban J connectivity index is 2.07. The van der Waals surface area contributed by atoms with Crippen molar-refractivity contribution in [3.8, 4) is 0 Å². The molecule has 0 aromatic heterocycles. The standard InChI is InChI=1S/C15H14ClNO3S/c1-11-2-4-12(5-3-11)10-15(18)17-21(19,20)14-8-6-13(16)7-9-14/h2-9H,10H2,1H3,(H,17,18). The molecule has 21 heavy (non-hydrogen) atoms. The normalized spacial score (nSPS) is 11.1. The minimum atomic E-state index is -3.86. The molecule has 1 N–H and O–H groups in total. The van der Waals surface area contributed by atoms with Gasteiger partial charge in [-0.25, -0.2) is 13.1 Å². The monoisotopic (exact) mass is 323 g/mol. The summed E-state index contributed by atoms with van der Waals surface area (Å²) >= 11 is 5.71. The maximum atomic E-state index is 12.0. The predicted octanol–water partition coefficient (Wildman–Crippen LogP) is 2.70. The fourth-order valence-corrected chi connectivity index (χ4v) is 2.86. The summed E-state index contributed by atoms with van der Waals surface area (Å²) in [5.41, 5.74) is 1.83. The second kappa shape index (κ2) is 6.28. The van der Waals surface area contributed by atoms with E-state index in [1.807, 2.05) is 23.8 Å². The van der Waals surface area contributed by atoms with Crippen molar-refractivity contribution >= 4 is 27.5 Å². The molecule has 0 fully saturated rings. The van der Waals surface area contributed by atoms with Crippen molar-refractivity contribution in [1.29, 1.82) is 0 Å². The fourth-order valence-electron chi connectivity index (χ4n) is 1.75. The number of hydrogen-bond donors (Lipinski definition) is 1. The largest absolute Gasteiger partial charge is 0.274 e. The zero-order valence-electron chi connectivity index (χ0n) is 11.3. The minimum absolute atomic E-state index is 0.00385. The van der Waals surface area contributed by atoms with E-state index in [1.54, 1.807) is 12.1 Å². The number of nitrogens with one attached hydrogen (secondary N) is 1. The van der Waals surface area contributed by atoms with E-state index in [-0.39, 0.29) is 11.3 Å². The number of hydrogen-bond acceptors (Lipinski definition) is 3. The van der Waals surface area contributed by atoms with Gasteiger partial charge in [-0.1, -0.05) is 41.4 Å². The van der Waals surface area contributed by atoms with Gasteiger partial charge in [0, 0.05) is 5.02 Å². The van der Waals surface area contributed by atoms with Crippen LogP contribution in [-0.2, 0) is 21.2 Å². The number of amides is 1. The Morgan fingerprint density at radius 2 is 1.62 bits per heavy atom. The van der Waals surface area contributed by atoms with Gasteiger partial charge in [-0.3, -0.25) is 4.79 Å². The molecule has 6 heteroatoms. The number of benzene rings is 2. The van der Waals surface area contributed by atoms with Gasteiger partial charge < -0.3 is 0 Å². The number of carbonyl (C=O) groups excluding carboxylic acids is 1. The molecule has 4 nitrogen and oxygen atoms in total. The molecule has 0 saturated heterocycles. The summed E-state index contributed by atoms with van der Waals surface area (Å²) in [7, 11) is -3.86. The van der Waals surface area contributed by atoms with Crippen molar-refractivity contribution < 1.29 is 13.2 Å². The SMILES string of the molecule is Cc1ccc(CC(=O)NS(=O)(=O)c2ccc(Cl)cc2)cc1. The van der Waals surface area contributed by atoms with Crippen LogP contribution in [0.4, 0.5) is 0 Å². The summed E-state index contributed by atoms with van der Waals surface area (Å²) in [6.07, 6.45) is 0.00704. The van der Waals surface area contributed by atoms with E-state index < -0.39 is 15.9 Å². The topological polar surface area (TPSA) is 63.2 Å². The van der Waals surface area contributed by atoms with Crippen molar-refractivity contribution in [2.75, 3.05) is 0 Å². The summed E-state index contributed by atoms with van der Waals surface area (Å²) in [5.74, 6) is -0.575. The first-order valence-electron chi connectivity index (χ1n) is 6.23. The lowest BCUT2D eigenvalue weighted by molar-refractivity contribution is -0.118. The molecule has 2 aromatic rings. The number of aryl methyl sites for hydroxylation is 1. The van der Waals surface area contributed by atoms with Crippen molar-refractivity contribution in [3.05, 3.63) is 64.7 Å². The molecule has 0 saturated carbocycles. The molecule has 0 heterocycles. The summed E-state index contributed by atoms with van der Waals surface area (Å²) in [5, 5.41) is 0.430. The smallest absolute Gasteiger partial charge is 0.264 e. The maximum Gasteiger partial charge on any atom is 0.264 e. The van der Waals surface area contributed by atoms with Gasteiger partial charge in [-0.2, -0.15) is 0 Å². The molecule has 0 radical (unpaired) electrons. The minimum Gasteiger partial charge on any atom is -0.274 e. The molecule has 0 unspecified atom stereocenters. The summed E-state index contributed by atoms with van der Waals surface area (Å²) in [6, 6.07) is 13.0. The van der Waals surface area contributed by atoms with E-state index in [1.165, 1.54) is 24.3 Å². The Kier molecular flexibility index (Phi) is 4.65. The first-order chi connectivity index (χ1) is 9.87. The second-order valence-electron chi connectivity index (χ2n) is 4.64. The van der Waals surface area contributed by atoms with Gasteiger partial charge in [0.2, 0.25) is 5.91 Å². The Bertz CT molecular complexity index is 737. The van der Waals surface area contributed by atoms with Crippen LogP contribution < -0.4 is 4.72 Å². The van der Waals surface area contributed by atoms with Crippen LogP contribution in [0.5, 0.6) is 0 Å². The van der Waals surface area contributed by atoms with Gasteiger partial charge in [0.25, 0.3) is 10.0 Å². The number of rotatable bonds is 4. The van der Waals surface area contributed by atoms with Crippen LogP contribution in [0.3, 0.4) is 0 Å². The first kappa shape index (κ1) is 15.5. The van der Waals surface area contributed by atoms with Crippen LogP contribution in [0.25, 0.3) is 0 Å². The number of halogens is 1. The Morgan fingerprint density at radius 3 is 2.19 bits per heavy atom. The zero-order valence-corrected chi connectivity index (χ0v) is 12.9. The van der Waals surface area contributed by atoms with Gasteiger partial charge in [0.15, 0.2) is 0 Å². The highest BCUT2D eigenvalue weighted by molar-refractivity contribution is 7.90. The highest BCUT2D eigenvalue weighted by Gasteiger charge is 2.17.